The number of ether oxygens (including phenoxy) is 2. The predicted octanol–water partition coefficient (Wildman–Crippen LogP) is 6.42. The van der Waals surface area contributed by atoms with Crippen molar-refractivity contribution in [3.63, 3.8) is 0 Å². The lowest BCUT2D eigenvalue weighted by Gasteiger charge is -2.52. The molecule has 0 unspecified atom stereocenters. The SMILES string of the molecule is COCc1nc(-c2cccc(NC(=O)C3CCOCC3)c2CC23CCC(c4nc(C5CC5)no4)(CC2)CC3)cs1. The Hall–Kier alpha value is -2.62. The Balaban J connectivity index is 1.16. The highest BCUT2D eigenvalue weighted by Gasteiger charge is 2.52. The van der Waals surface area contributed by atoms with Crippen LogP contribution in [0.1, 0.15) is 92.4 Å². The molecule has 0 spiro atoms. The molecule has 40 heavy (non-hydrogen) atoms. The Morgan fingerprint density at radius 1 is 1.07 bits per heavy atom. The lowest BCUT2D eigenvalue weighted by Crippen LogP contribution is -2.45. The highest BCUT2D eigenvalue weighted by atomic mass is 32.1. The van der Waals surface area contributed by atoms with E-state index in [2.05, 4.69) is 28.0 Å². The maximum atomic E-state index is 13.3. The van der Waals surface area contributed by atoms with Gasteiger partial charge < -0.3 is 19.3 Å². The zero-order valence-corrected chi connectivity index (χ0v) is 24.1. The smallest absolute Gasteiger partial charge is 0.232 e. The first-order valence-corrected chi connectivity index (χ1v) is 15.7. The Labute approximate surface area is 239 Å². The summed E-state index contributed by atoms with van der Waals surface area (Å²) >= 11 is 1.62. The van der Waals surface area contributed by atoms with Gasteiger partial charge in [-0.2, -0.15) is 4.98 Å². The zero-order chi connectivity index (χ0) is 27.2. The van der Waals surface area contributed by atoms with Crippen LogP contribution in [-0.4, -0.2) is 41.4 Å². The fraction of sp³-hybridized carbons (Fsp3) is 0.613. The summed E-state index contributed by atoms with van der Waals surface area (Å²) in [5.41, 5.74) is 4.45. The highest BCUT2D eigenvalue weighted by molar-refractivity contribution is 7.09. The van der Waals surface area contributed by atoms with Crippen LogP contribution in [0, 0.1) is 11.3 Å². The first kappa shape index (κ1) is 26.3. The fourth-order valence-electron chi connectivity index (χ4n) is 7.14. The number of hydrogen-bond donors (Lipinski definition) is 1. The molecule has 5 aliphatic rings. The van der Waals surface area contributed by atoms with E-state index in [1.807, 2.05) is 6.07 Å². The van der Waals surface area contributed by atoms with Crippen LogP contribution in [0.2, 0.25) is 0 Å². The third-order valence-corrected chi connectivity index (χ3v) is 10.7. The third kappa shape index (κ3) is 5.01. The quantitative estimate of drug-likeness (QED) is 0.321. The van der Waals surface area contributed by atoms with Crippen LogP contribution < -0.4 is 5.32 Å². The van der Waals surface area contributed by atoms with Crippen molar-refractivity contribution in [2.75, 3.05) is 25.6 Å². The van der Waals surface area contributed by atoms with Gasteiger partial charge in [0, 0.05) is 54.2 Å². The average molecular weight is 563 g/mol. The number of rotatable bonds is 9. The first-order chi connectivity index (χ1) is 19.6. The van der Waals surface area contributed by atoms with Crippen LogP contribution in [0.3, 0.4) is 0 Å². The minimum Gasteiger partial charge on any atom is -0.381 e. The molecule has 0 radical (unpaired) electrons. The van der Waals surface area contributed by atoms with E-state index in [0.29, 0.717) is 25.7 Å². The number of hydrogen-bond acceptors (Lipinski definition) is 8. The number of methoxy groups -OCH3 is 1. The average Bonchev–Trinajstić information content (AvgIpc) is 3.52. The van der Waals surface area contributed by atoms with E-state index in [1.54, 1.807) is 18.4 Å². The Kier molecular flexibility index (Phi) is 7.00. The van der Waals surface area contributed by atoms with Gasteiger partial charge in [0.25, 0.3) is 0 Å². The van der Waals surface area contributed by atoms with E-state index in [9.17, 15) is 4.79 Å². The molecule has 0 atom stereocenters. The summed E-state index contributed by atoms with van der Waals surface area (Å²) in [7, 11) is 1.70. The Bertz CT molecular complexity index is 1350. The highest BCUT2D eigenvalue weighted by Crippen LogP contribution is 2.59. The number of carbonyl (C=O) groups is 1. The van der Waals surface area contributed by atoms with Gasteiger partial charge in [-0.15, -0.1) is 11.3 Å². The summed E-state index contributed by atoms with van der Waals surface area (Å²) in [5.74, 6) is 2.41. The van der Waals surface area contributed by atoms with Gasteiger partial charge in [0.05, 0.1) is 12.3 Å². The second-order valence-electron chi connectivity index (χ2n) is 12.5. The van der Waals surface area contributed by atoms with Crippen molar-refractivity contribution < 1.29 is 18.8 Å². The van der Waals surface area contributed by atoms with Crippen LogP contribution in [0.4, 0.5) is 5.69 Å². The van der Waals surface area contributed by atoms with Crippen molar-refractivity contribution in [3.8, 4) is 11.3 Å². The van der Waals surface area contributed by atoms with Gasteiger partial charge >= 0.3 is 0 Å². The maximum absolute atomic E-state index is 13.3. The lowest BCUT2D eigenvalue weighted by atomic mass is 9.52. The lowest BCUT2D eigenvalue weighted by molar-refractivity contribution is -0.122. The summed E-state index contributed by atoms with van der Waals surface area (Å²) in [5, 5.41) is 10.8. The van der Waals surface area contributed by atoms with Crippen LogP contribution in [0.15, 0.2) is 28.1 Å². The van der Waals surface area contributed by atoms with E-state index in [1.165, 1.54) is 18.4 Å². The third-order valence-electron chi connectivity index (χ3n) is 9.91. The topological polar surface area (TPSA) is 99.4 Å². The second kappa shape index (κ2) is 10.7. The molecular weight excluding hydrogens is 524 g/mol. The van der Waals surface area contributed by atoms with Gasteiger partial charge in [-0.1, -0.05) is 17.3 Å². The standard InChI is InChI=1S/C31H38N4O4S/c1-37-18-26-32-25(19-40-26)22-3-2-4-24(33-28(36)21-7-15-38-16-8-21)23(22)17-30-9-12-31(13-10-30,14-11-30)29-34-27(35-39-29)20-5-6-20/h2-4,19-21H,5-18H2,1H3,(H,33,36). The molecule has 4 saturated carbocycles. The monoisotopic (exact) mass is 562 g/mol. The molecule has 1 aliphatic heterocycles. The normalized spacial score (nSPS) is 26.7. The largest absolute Gasteiger partial charge is 0.381 e. The maximum Gasteiger partial charge on any atom is 0.232 e. The predicted molar refractivity (Wildman–Crippen MR) is 152 cm³/mol. The van der Waals surface area contributed by atoms with Gasteiger partial charge in [0.2, 0.25) is 11.8 Å². The van der Waals surface area contributed by atoms with Crippen LogP contribution in [0.25, 0.3) is 11.3 Å². The molecule has 1 saturated heterocycles. The van der Waals surface area contributed by atoms with E-state index in [0.717, 1.165) is 91.5 Å². The number of benzene rings is 1. The second-order valence-corrected chi connectivity index (χ2v) is 13.4. The number of fused-ring (bicyclic) bond motifs is 3. The summed E-state index contributed by atoms with van der Waals surface area (Å²) < 4.78 is 16.7. The number of thiazole rings is 1. The number of aromatic nitrogens is 3. The number of amides is 1. The number of nitrogens with one attached hydrogen (secondary N) is 1. The molecule has 3 aromatic rings. The van der Waals surface area contributed by atoms with Crippen molar-refractivity contribution in [2.24, 2.45) is 11.3 Å². The van der Waals surface area contributed by atoms with Crippen molar-refractivity contribution in [1.82, 2.24) is 15.1 Å². The van der Waals surface area contributed by atoms with E-state index >= 15 is 0 Å². The molecule has 4 aliphatic carbocycles. The molecule has 1 aromatic carbocycles. The molecule has 3 heterocycles. The summed E-state index contributed by atoms with van der Waals surface area (Å²) in [4.78, 5) is 23.1. The summed E-state index contributed by atoms with van der Waals surface area (Å²) in [6, 6.07) is 6.28. The van der Waals surface area contributed by atoms with Crippen molar-refractivity contribution in [3.05, 3.63) is 45.9 Å². The van der Waals surface area contributed by atoms with Gasteiger partial charge in [0.1, 0.15) is 5.01 Å². The van der Waals surface area contributed by atoms with E-state index < -0.39 is 0 Å². The number of carbonyl (C=O) groups excluding carboxylic acids is 1. The van der Waals surface area contributed by atoms with Crippen molar-refractivity contribution in [1.29, 1.82) is 0 Å². The van der Waals surface area contributed by atoms with Gasteiger partial charge in [0.15, 0.2) is 5.82 Å². The molecule has 8 rings (SSSR count). The number of nitrogens with zero attached hydrogens (tertiary/aromatic N) is 3. The molecule has 1 N–H and O–H groups in total. The summed E-state index contributed by atoms with van der Waals surface area (Å²) in [6.45, 7) is 1.81. The Morgan fingerprint density at radius 3 is 2.58 bits per heavy atom. The molecule has 5 fully saturated rings. The van der Waals surface area contributed by atoms with Crippen molar-refractivity contribution in [2.45, 2.75) is 88.6 Å². The number of anilines is 1. The molecular formula is C31H38N4O4S. The molecule has 2 bridgehead atoms. The van der Waals surface area contributed by atoms with Crippen LogP contribution in [0.5, 0.6) is 0 Å². The van der Waals surface area contributed by atoms with E-state index in [-0.39, 0.29) is 22.7 Å². The summed E-state index contributed by atoms with van der Waals surface area (Å²) in [6.07, 6.45) is 11.5. The molecule has 212 valence electrons. The Morgan fingerprint density at radius 2 is 1.85 bits per heavy atom. The minimum absolute atomic E-state index is 0.00379. The van der Waals surface area contributed by atoms with Gasteiger partial charge in [-0.05, 0) is 87.7 Å². The van der Waals surface area contributed by atoms with Crippen LogP contribution in [-0.2, 0) is 32.7 Å². The molecule has 2 aromatic heterocycles. The van der Waals surface area contributed by atoms with Gasteiger partial charge in [-0.3, -0.25) is 4.79 Å². The zero-order valence-electron chi connectivity index (χ0n) is 23.2. The first-order valence-electron chi connectivity index (χ1n) is 14.8. The van der Waals surface area contributed by atoms with Gasteiger partial charge in [-0.25, -0.2) is 4.98 Å². The minimum atomic E-state index is -0.00379. The fourth-order valence-corrected chi connectivity index (χ4v) is 7.90. The molecule has 9 heteroatoms. The van der Waals surface area contributed by atoms with Crippen molar-refractivity contribution >= 4 is 22.9 Å². The molecule has 8 nitrogen and oxygen atoms in total. The van der Waals surface area contributed by atoms with Crippen LogP contribution >= 0.6 is 11.3 Å². The molecule has 1 amide bonds. The van der Waals surface area contributed by atoms with E-state index in [4.69, 9.17) is 24.0 Å².